The number of aliphatic hydroxyl groups is 1. The van der Waals surface area contributed by atoms with Gasteiger partial charge in [0.05, 0.1) is 6.61 Å². The summed E-state index contributed by atoms with van der Waals surface area (Å²) in [4.78, 5) is 0. The molecule has 0 bridgehead atoms. The van der Waals surface area contributed by atoms with Gasteiger partial charge in [0.2, 0.25) is 0 Å². The Bertz CT molecular complexity index is 328. The van der Waals surface area contributed by atoms with Crippen LogP contribution in [0.4, 0.5) is 0 Å². The molecule has 1 atom stereocenters. The van der Waals surface area contributed by atoms with E-state index in [1.54, 1.807) is 18.2 Å². The number of phenols is 1. The lowest BCUT2D eigenvalue weighted by atomic mass is 10.0. The van der Waals surface area contributed by atoms with Crippen LogP contribution in [-0.2, 0) is 0 Å². The van der Waals surface area contributed by atoms with Gasteiger partial charge in [0.15, 0.2) is 11.5 Å². The highest BCUT2D eigenvalue weighted by Gasteiger charge is 2.13. The molecular formula is C12H19NO3. The summed E-state index contributed by atoms with van der Waals surface area (Å²) in [6.07, 6.45) is 1.26. The number of ether oxygens (including phenoxy) is 1. The van der Waals surface area contributed by atoms with Crippen LogP contribution >= 0.6 is 0 Å². The second-order valence-electron chi connectivity index (χ2n) is 3.60. The summed E-state index contributed by atoms with van der Waals surface area (Å²) >= 11 is 0. The lowest BCUT2D eigenvalue weighted by Crippen LogP contribution is -2.11. The van der Waals surface area contributed by atoms with E-state index in [0.29, 0.717) is 30.8 Å². The summed E-state index contributed by atoms with van der Waals surface area (Å²) < 4.78 is 5.28. The molecule has 1 rings (SSSR count). The average molecular weight is 225 g/mol. The summed E-state index contributed by atoms with van der Waals surface area (Å²) in [5.74, 6) is 0.564. The van der Waals surface area contributed by atoms with E-state index >= 15 is 0 Å². The SMILES string of the molecule is CCOc1cccc([C@H](N)CCCO)c1O. The monoisotopic (exact) mass is 225 g/mol. The predicted molar refractivity (Wildman–Crippen MR) is 62.5 cm³/mol. The maximum absolute atomic E-state index is 9.92. The normalized spacial score (nSPS) is 12.4. The number of aliphatic hydroxyl groups excluding tert-OH is 1. The van der Waals surface area contributed by atoms with Crippen molar-refractivity contribution in [1.29, 1.82) is 0 Å². The minimum Gasteiger partial charge on any atom is -0.504 e. The molecule has 0 unspecified atom stereocenters. The molecule has 0 fully saturated rings. The first kappa shape index (κ1) is 12.8. The zero-order valence-electron chi connectivity index (χ0n) is 9.52. The second-order valence-corrected chi connectivity index (χ2v) is 3.60. The molecule has 0 aliphatic heterocycles. The highest BCUT2D eigenvalue weighted by atomic mass is 16.5. The van der Waals surface area contributed by atoms with Crippen molar-refractivity contribution in [3.63, 3.8) is 0 Å². The topological polar surface area (TPSA) is 75.7 Å². The van der Waals surface area contributed by atoms with Gasteiger partial charge in [0.25, 0.3) is 0 Å². The zero-order valence-corrected chi connectivity index (χ0v) is 9.52. The summed E-state index contributed by atoms with van der Waals surface area (Å²) in [7, 11) is 0. The lowest BCUT2D eigenvalue weighted by Gasteiger charge is -2.15. The first-order valence-electron chi connectivity index (χ1n) is 5.51. The highest BCUT2D eigenvalue weighted by Crippen LogP contribution is 2.34. The van der Waals surface area contributed by atoms with Crippen molar-refractivity contribution in [3.05, 3.63) is 23.8 Å². The van der Waals surface area contributed by atoms with Gasteiger partial charge in [-0.05, 0) is 25.8 Å². The Kier molecular flexibility index (Phi) is 5.08. The summed E-state index contributed by atoms with van der Waals surface area (Å²) in [5, 5.41) is 18.6. The first-order chi connectivity index (χ1) is 7.70. The van der Waals surface area contributed by atoms with Gasteiger partial charge in [-0.2, -0.15) is 0 Å². The van der Waals surface area contributed by atoms with Crippen LogP contribution in [0.5, 0.6) is 11.5 Å². The van der Waals surface area contributed by atoms with Gasteiger partial charge in [-0.25, -0.2) is 0 Å². The van der Waals surface area contributed by atoms with Crippen molar-refractivity contribution in [1.82, 2.24) is 0 Å². The van der Waals surface area contributed by atoms with E-state index in [1.807, 2.05) is 6.92 Å². The van der Waals surface area contributed by atoms with E-state index in [4.69, 9.17) is 15.6 Å². The Morgan fingerprint density at radius 2 is 2.19 bits per heavy atom. The van der Waals surface area contributed by atoms with E-state index in [2.05, 4.69) is 0 Å². The van der Waals surface area contributed by atoms with E-state index in [1.165, 1.54) is 0 Å². The van der Waals surface area contributed by atoms with Crippen LogP contribution in [0.1, 0.15) is 31.4 Å². The van der Waals surface area contributed by atoms with Gasteiger partial charge in [0, 0.05) is 18.2 Å². The van der Waals surface area contributed by atoms with Crippen LogP contribution in [0.25, 0.3) is 0 Å². The smallest absolute Gasteiger partial charge is 0.162 e. The molecule has 0 amide bonds. The molecule has 0 saturated carbocycles. The van der Waals surface area contributed by atoms with Crippen LogP contribution < -0.4 is 10.5 Å². The van der Waals surface area contributed by atoms with E-state index < -0.39 is 0 Å². The van der Waals surface area contributed by atoms with Crippen LogP contribution in [0, 0.1) is 0 Å². The van der Waals surface area contributed by atoms with Crippen LogP contribution in [0.15, 0.2) is 18.2 Å². The largest absolute Gasteiger partial charge is 0.504 e. The number of nitrogens with two attached hydrogens (primary N) is 1. The molecule has 1 aromatic rings. The molecule has 0 saturated heterocycles. The molecule has 0 aliphatic rings. The van der Waals surface area contributed by atoms with Crippen LogP contribution in [0.3, 0.4) is 0 Å². The number of hydrogen-bond donors (Lipinski definition) is 3. The number of phenolic OH excluding ortho intramolecular Hbond substituents is 1. The third-order valence-corrected chi connectivity index (χ3v) is 2.40. The van der Waals surface area contributed by atoms with E-state index in [0.717, 1.165) is 0 Å². The molecule has 4 nitrogen and oxygen atoms in total. The Hall–Kier alpha value is -1.26. The van der Waals surface area contributed by atoms with Gasteiger partial charge in [-0.1, -0.05) is 12.1 Å². The van der Waals surface area contributed by atoms with E-state index in [9.17, 15) is 5.11 Å². The van der Waals surface area contributed by atoms with Gasteiger partial charge >= 0.3 is 0 Å². The Morgan fingerprint density at radius 3 is 2.81 bits per heavy atom. The molecule has 0 aliphatic carbocycles. The maximum atomic E-state index is 9.92. The minimum atomic E-state index is -0.271. The predicted octanol–water partition coefficient (Wildman–Crippen LogP) is 1.56. The van der Waals surface area contributed by atoms with Gasteiger partial charge in [-0.15, -0.1) is 0 Å². The molecule has 1 aromatic carbocycles. The van der Waals surface area contributed by atoms with Crippen molar-refractivity contribution in [2.75, 3.05) is 13.2 Å². The van der Waals surface area contributed by atoms with Crippen LogP contribution in [0.2, 0.25) is 0 Å². The van der Waals surface area contributed by atoms with Crippen molar-refractivity contribution < 1.29 is 14.9 Å². The number of rotatable bonds is 6. The van der Waals surface area contributed by atoms with Gasteiger partial charge in [0.1, 0.15) is 0 Å². The fourth-order valence-electron chi connectivity index (χ4n) is 1.58. The molecule has 4 heteroatoms. The standard InChI is InChI=1S/C12H19NO3/c1-2-16-11-7-3-5-9(12(11)15)10(13)6-4-8-14/h3,5,7,10,14-15H,2,4,6,8,13H2,1H3/t10-/m1/s1. The maximum Gasteiger partial charge on any atom is 0.162 e. The molecule has 90 valence electrons. The van der Waals surface area contributed by atoms with Crippen LogP contribution in [-0.4, -0.2) is 23.4 Å². The molecule has 16 heavy (non-hydrogen) atoms. The van der Waals surface area contributed by atoms with Crippen molar-refractivity contribution >= 4 is 0 Å². The molecular weight excluding hydrogens is 206 g/mol. The minimum absolute atomic E-state index is 0.106. The average Bonchev–Trinajstić information content (AvgIpc) is 2.29. The molecule has 4 N–H and O–H groups in total. The summed E-state index contributed by atoms with van der Waals surface area (Å²) in [5.41, 5.74) is 6.59. The Morgan fingerprint density at radius 1 is 1.44 bits per heavy atom. The Labute approximate surface area is 95.7 Å². The number of para-hydroxylation sites is 1. The number of hydrogen-bond acceptors (Lipinski definition) is 4. The first-order valence-corrected chi connectivity index (χ1v) is 5.51. The number of benzene rings is 1. The molecule has 0 spiro atoms. The third kappa shape index (κ3) is 3.12. The third-order valence-electron chi connectivity index (χ3n) is 2.40. The zero-order chi connectivity index (χ0) is 12.0. The fraction of sp³-hybridized carbons (Fsp3) is 0.500. The fourth-order valence-corrected chi connectivity index (χ4v) is 1.58. The lowest BCUT2D eigenvalue weighted by molar-refractivity contribution is 0.278. The summed E-state index contributed by atoms with van der Waals surface area (Å²) in [6.45, 7) is 2.47. The van der Waals surface area contributed by atoms with Gasteiger partial charge < -0.3 is 20.7 Å². The highest BCUT2D eigenvalue weighted by molar-refractivity contribution is 5.46. The van der Waals surface area contributed by atoms with E-state index in [-0.39, 0.29) is 18.4 Å². The molecule has 0 radical (unpaired) electrons. The van der Waals surface area contributed by atoms with Gasteiger partial charge in [-0.3, -0.25) is 0 Å². The van der Waals surface area contributed by atoms with Crippen molar-refractivity contribution in [2.45, 2.75) is 25.8 Å². The van der Waals surface area contributed by atoms with Crippen molar-refractivity contribution in [2.24, 2.45) is 5.73 Å². The Balaban J connectivity index is 2.82. The molecule has 0 aromatic heterocycles. The quantitative estimate of drug-likeness (QED) is 0.686. The van der Waals surface area contributed by atoms with Crippen molar-refractivity contribution in [3.8, 4) is 11.5 Å². The number of aromatic hydroxyl groups is 1. The molecule has 0 heterocycles. The second kappa shape index (κ2) is 6.35. The summed E-state index contributed by atoms with van der Waals surface area (Å²) in [6, 6.07) is 5.02.